The van der Waals surface area contributed by atoms with Crippen molar-refractivity contribution in [2.24, 2.45) is 0 Å². The quantitative estimate of drug-likeness (QED) is 0.903. The van der Waals surface area contributed by atoms with E-state index in [0.717, 1.165) is 6.07 Å². The molecule has 0 spiro atoms. The van der Waals surface area contributed by atoms with Crippen LogP contribution in [0, 0.1) is 11.6 Å². The van der Waals surface area contributed by atoms with E-state index < -0.39 is 11.6 Å². The van der Waals surface area contributed by atoms with Crippen LogP contribution in [0.5, 0.6) is 0 Å². The molecule has 0 aliphatic rings. The summed E-state index contributed by atoms with van der Waals surface area (Å²) < 4.78 is 30.3. The van der Waals surface area contributed by atoms with Crippen molar-refractivity contribution in [3.63, 3.8) is 0 Å². The third kappa shape index (κ3) is 3.22. The summed E-state index contributed by atoms with van der Waals surface area (Å²) in [5.74, 6) is -0.944. The van der Waals surface area contributed by atoms with E-state index in [9.17, 15) is 8.78 Å². The van der Waals surface area contributed by atoms with Gasteiger partial charge >= 0.3 is 0 Å². The lowest BCUT2D eigenvalue weighted by atomic mass is 10.1. The number of nitrogens with one attached hydrogen (secondary N) is 1. The zero-order chi connectivity index (χ0) is 13.3. The van der Waals surface area contributed by atoms with Crippen molar-refractivity contribution in [3.8, 4) is 11.4 Å². The van der Waals surface area contributed by atoms with E-state index >= 15 is 0 Å². The number of aromatic nitrogens is 2. The summed E-state index contributed by atoms with van der Waals surface area (Å²) in [4.78, 5) is 4.21. The third-order valence-corrected chi connectivity index (χ3v) is 2.66. The van der Waals surface area contributed by atoms with E-state index in [1.165, 1.54) is 23.7 Å². The van der Waals surface area contributed by atoms with Crippen LogP contribution < -0.4 is 5.32 Å². The standard InChI is InChI=1S/C12H13F2N3S/c1-12(2,3)16-11-15-10(17-18-11)7-4-8(13)6-9(14)5-7/h4-6H,1-3H3,(H,15,16,17). The fraction of sp³-hybridized carbons (Fsp3) is 0.333. The second kappa shape index (κ2) is 4.61. The normalized spacial score (nSPS) is 11.6. The molecule has 2 aromatic rings. The van der Waals surface area contributed by atoms with Crippen LogP contribution >= 0.6 is 11.5 Å². The molecule has 1 heterocycles. The van der Waals surface area contributed by atoms with Gasteiger partial charge in [-0.1, -0.05) is 0 Å². The molecule has 0 aliphatic heterocycles. The second-order valence-electron chi connectivity index (χ2n) is 4.96. The van der Waals surface area contributed by atoms with Crippen LogP contribution in [0.2, 0.25) is 0 Å². The van der Waals surface area contributed by atoms with Crippen molar-refractivity contribution in [1.29, 1.82) is 0 Å². The number of benzene rings is 1. The predicted molar refractivity (Wildman–Crippen MR) is 68.6 cm³/mol. The Morgan fingerprint density at radius 2 is 1.72 bits per heavy atom. The van der Waals surface area contributed by atoms with Gasteiger partial charge in [0.2, 0.25) is 5.13 Å². The second-order valence-corrected chi connectivity index (χ2v) is 5.71. The maximum Gasteiger partial charge on any atom is 0.203 e. The Kier molecular flexibility index (Phi) is 3.30. The molecule has 6 heteroatoms. The van der Waals surface area contributed by atoms with Crippen LogP contribution in [-0.2, 0) is 0 Å². The topological polar surface area (TPSA) is 37.8 Å². The minimum absolute atomic E-state index is 0.135. The highest BCUT2D eigenvalue weighted by Gasteiger charge is 2.14. The van der Waals surface area contributed by atoms with Gasteiger partial charge in [0.05, 0.1) is 0 Å². The van der Waals surface area contributed by atoms with Gasteiger partial charge < -0.3 is 5.32 Å². The van der Waals surface area contributed by atoms with Crippen molar-refractivity contribution in [2.45, 2.75) is 26.3 Å². The Hall–Kier alpha value is -1.56. The summed E-state index contributed by atoms with van der Waals surface area (Å²) in [6.45, 7) is 5.99. The SMILES string of the molecule is CC(C)(C)Nc1nc(-c2cc(F)cc(F)c2)ns1. The molecule has 0 atom stereocenters. The minimum Gasteiger partial charge on any atom is -0.356 e. The monoisotopic (exact) mass is 269 g/mol. The molecular formula is C12H13F2N3S. The lowest BCUT2D eigenvalue weighted by molar-refractivity contribution is 0.584. The first-order chi connectivity index (χ1) is 8.33. The molecule has 0 amide bonds. The summed E-state index contributed by atoms with van der Waals surface area (Å²) in [6.07, 6.45) is 0. The number of hydrogen-bond acceptors (Lipinski definition) is 4. The van der Waals surface area contributed by atoms with Gasteiger partial charge in [-0.15, -0.1) is 0 Å². The summed E-state index contributed by atoms with van der Waals surface area (Å²) in [5.41, 5.74) is 0.204. The maximum absolute atomic E-state index is 13.1. The van der Waals surface area contributed by atoms with Crippen molar-refractivity contribution in [2.75, 3.05) is 5.32 Å². The number of anilines is 1. The van der Waals surface area contributed by atoms with Gasteiger partial charge in [0.15, 0.2) is 5.82 Å². The smallest absolute Gasteiger partial charge is 0.203 e. The van der Waals surface area contributed by atoms with Crippen LogP contribution in [0.4, 0.5) is 13.9 Å². The zero-order valence-electron chi connectivity index (χ0n) is 10.3. The summed E-state index contributed by atoms with van der Waals surface area (Å²) in [6, 6.07) is 3.25. The number of hydrogen-bond donors (Lipinski definition) is 1. The molecule has 0 bridgehead atoms. The van der Waals surface area contributed by atoms with Gasteiger partial charge in [0.25, 0.3) is 0 Å². The number of nitrogens with zero attached hydrogens (tertiary/aromatic N) is 2. The summed E-state index contributed by atoms with van der Waals surface area (Å²) >= 11 is 1.17. The fourth-order valence-corrected chi connectivity index (χ4v) is 2.19. The van der Waals surface area contributed by atoms with Gasteiger partial charge in [-0.2, -0.15) is 9.36 Å². The highest BCUT2D eigenvalue weighted by molar-refractivity contribution is 7.09. The molecule has 18 heavy (non-hydrogen) atoms. The first kappa shape index (κ1) is 12.9. The van der Waals surface area contributed by atoms with Crippen LogP contribution in [0.15, 0.2) is 18.2 Å². The molecule has 1 aromatic carbocycles. The molecule has 0 saturated heterocycles. The van der Waals surface area contributed by atoms with E-state index in [2.05, 4.69) is 14.7 Å². The Bertz CT molecular complexity index is 540. The fourth-order valence-electron chi connectivity index (χ4n) is 1.40. The molecule has 96 valence electrons. The molecule has 3 nitrogen and oxygen atoms in total. The van der Waals surface area contributed by atoms with Gasteiger partial charge in [0, 0.05) is 28.7 Å². The van der Waals surface area contributed by atoms with Crippen LogP contribution in [-0.4, -0.2) is 14.9 Å². The first-order valence-electron chi connectivity index (χ1n) is 5.42. The molecule has 0 fully saturated rings. The largest absolute Gasteiger partial charge is 0.356 e. The van der Waals surface area contributed by atoms with Gasteiger partial charge in [0.1, 0.15) is 11.6 Å². The van der Waals surface area contributed by atoms with Crippen LogP contribution in [0.25, 0.3) is 11.4 Å². The summed E-state index contributed by atoms with van der Waals surface area (Å²) in [5, 5.41) is 3.78. The van der Waals surface area contributed by atoms with E-state index in [0.29, 0.717) is 16.5 Å². The molecule has 0 radical (unpaired) electrons. The lowest BCUT2D eigenvalue weighted by Crippen LogP contribution is -2.25. The minimum atomic E-state index is -0.634. The van der Waals surface area contributed by atoms with Crippen molar-refractivity contribution in [1.82, 2.24) is 9.36 Å². The average Bonchev–Trinajstić information content (AvgIpc) is 2.61. The van der Waals surface area contributed by atoms with Gasteiger partial charge in [-0.05, 0) is 32.9 Å². The third-order valence-electron chi connectivity index (χ3n) is 2.03. The Balaban J connectivity index is 2.29. The number of rotatable bonds is 2. The molecule has 0 aliphatic carbocycles. The Morgan fingerprint density at radius 1 is 1.11 bits per heavy atom. The van der Waals surface area contributed by atoms with Crippen molar-refractivity contribution < 1.29 is 8.78 Å². The molecule has 0 saturated carbocycles. The number of halogens is 2. The predicted octanol–water partition coefficient (Wildman–Crippen LogP) is 3.69. The summed E-state index contributed by atoms with van der Waals surface area (Å²) in [7, 11) is 0. The highest BCUT2D eigenvalue weighted by atomic mass is 32.1. The molecular weight excluding hydrogens is 256 g/mol. The lowest BCUT2D eigenvalue weighted by Gasteiger charge is -2.18. The van der Waals surface area contributed by atoms with Gasteiger partial charge in [-0.3, -0.25) is 0 Å². The van der Waals surface area contributed by atoms with Gasteiger partial charge in [-0.25, -0.2) is 8.78 Å². The molecule has 1 N–H and O–H groups in total. The Labute approximate surface area is 108 Å². The van der Waals surface area contributed by atoms with Crippen molar-refractivity contribution in [3.05, 3.63) is 29.8 Å². The molecule has 1 aromatic heterocycles. The molecule has 0 unspecified atom stereocenters. The Morgan fingerprint density at radius 3 is 2.28 bits per heavy atom. The molecule has 2 rings (SSSR count). The zero-order valence-corrected chi connectivity index (χ0v) is 11.1. The van der Waals surface area contributed by atoms with Crippen LogP contribution in [0.1, 0.15) is 20.8 Å². The van der Waals surface area contributed by atoms with E-state index in [4.69, 9.17) is 0 Å². The van der Waals surface area contributed by atoms with E-state index in [-0.39, 0.29) is 5.54 Å². The maximum atomic E-state index is 13.1. The average molecular weight is 269 g/mol. The van der Waals surface area contributed by atoms with E-state index in [1.54, 1.807) is 0 Å². The van der Waals surface area contributed by atoms with E-state index in [1.807, 2.05) is 20.8 Å². The highest BCUT2D eigenvalue weighted by Crippen LogP contribution is 2.24. The first-order valence-corrected chi connectivity index (χ1v) is 6.19. The van der Waals surface area contributed by atoms with Crippen LogP contribution in [0.3, 0.4) is 0 Å². The van der Waals surface area contributed by atoms with Crippen molar-refractivity contribution >= 4 is 16.7 Å².